The molecule has 1 amide bonds. The van der Waals surface area contributed by atoms with Crippen molar-refractivity contribution in [3.63, 3.8) is 0 Å². The second-order valence-electron chi connectivity index (χ2n) is 6.16. The second kappa shape index (κ2) is 7.53. The van der Waals surface area contributed by atoms with Crippen LogP contribution >= 0.6 is 11.9 Å². The number of hydrogen-bond donors (Lipinski definition) is 1. The van der Waals surface area contributed by atoms with E-state index in [0.29, 0.717) is 0 Å². The van der Waals surface area contributed by atoms with Gasteiger partial charge in [0.15, 0.2) is 0 Å². The van der Waals surface area contributed by atoms with E-state index in [1.807, 2.05) is 0 Å². The molecule has 1 unspecified atom stereocenters. The van der Waals surface area contributed by atoms with E-state index in [2.05, 4.69) is 23.6 Å². The van der Waals surface area contributed by atoms with Gasteiger partial charge in [-0.1, -0.05) is 44.6 Å². The molecular weight excluding hydrogens is 256 g/mol. The lowest BCUT2D eigenvalue weighted by Crippen LogP contribution is -2.52. The highest BCUT2D eigenvalue weighted by atomic mass is 32.2. The van der Waals surface area contributed by atoms with Crippen molar-refractivity contribution in [2.45, 2.75) is 57.9 Å². The first kappa shape index (κ1) is 15.2. The number of carbonyl (C=O) groups excluding carboxylic acids is 1. The predicted octanol–water partition coefficient (Wildman–Crippen LogP) is 3.06. The molecule has 1 aliphatic heterocycles. The molecule has 0 spiro atoms. The Morgan fingerprint density at radius 3 is 2.79 bits per heavy atom. The van der Waals surface area contributed by atoms with Gasteiger partial charge in [0, 0.05) is 12.3 Å². The van der Waals surface area contributed by atoms with Gasteiger partial charge < -0.3 is 0 Å². The van der Waals surface area contributed by atoms with Crippen LogP contribution in [-0.2, 0) is 4.79 Å². The van der Waals surface area contributed by atoms with Crippen molar-refractivity contribution in [3.05, 3.63) is 0 Å². The number of unbranched alkanes of at least 4 members (excludes halogenated alkanes) is 1. The summed E-state index contributed by atoms with van der Waals surface area (Å²) in [6.07, 6.45) is 8.90. The van der Waals surface area contributed by atoms with Crippen molar-refractivity contribution < 1.29 is 4.79 Å². The van der Waals surface area contributed by atoms with Crippen LogP contribution in [-0.4, -0.2) is 36.2 Å². The fourth-order valence-corrected chi connectivity index (χ4v) is 4.33. The van der Waals surface area contributed by atoms with Crippen LogP contribution in [0.25, 0.3) is 0 Å². The summed E-state index contributed by atoms with van der Waals surface area (Å²) in [6.45, 7) is 3.29. The van der Waals surface area contributed by atoms with Crippen LogP contribution in [0, 0.1) is 11.8 Å². The van der Waals surface area contributed by atoms with Crippen LogP contribution in [0.4, 0.5) is 0 Å². The maximum absolute atomic E-state index is 12.3. The van der Waals surface area contributed by atoms with E-state index >= 15 is 0 Å². The average Bonchev–Trinajstić information content (AvgIpc) is 2.42. The second-order valence-corrected chi connectivity index (χ2v) is 7.07. The maximum Gasteiger partial charge on any atom is 0.247 e. The van der Waals surface area contributed by atoms with Crippen LogP contribution in [0.5, 0.6) is 0 Å². The highest BCUT2D eigenvalue weighted by Crippen LogP contribution is 2.38. The number of likely N-dealkylation sites (tertiary alicyclic amines) is 1. The van der Waals surface area contributed by atoms with E-state index in [-0.39, 0.29) is 11.9 Å². The molecule has 0 aromatic rings. The number of piperidine rings is 1. The van der Waals surface area contributed by atoms with Crippen molar-refractivity contribution in [1.82, 2.24) is 9.62 Å². The Balaban J connectivity index is 1.80. The Hall–Kier alpha value is -0.220. The number of fused-ring (bicyclic) bond motifs is 1. The average molecular weight is 284 g/mol. The number of nitrogens with zero attached hydrogens (tertiary/aromatic N) is 1. The highest BCUT2D eigenvalue weighted by molar-refractivity contribution is 7.97. The number of hydrogen-bond acceptors (Lipinski definition) is 3. The summed E-state index contributed by atoms with van der Waals surface area (Å²) in [4.78, 5) is 14.6. The standard InChI is InChI=1S/C15H28N2OS/c1-3-4-9-19-16-15(18)14-10-12-7-5-6-8-13(12)11-17(14)2/h12-14H,3-11H2,1-2H3,(H,16,18)/t12-,13+,14?/m0/s1. The van der Waals surface area contributed by atoms with Gasteiger partial charge in [-0.15, -0.1) is 0 Å². The molecule has 0 radical (unpaired) electrons. The third-order valence-electron chi connectivity index (χ3n) is 4.72. The molecule has 2 rings (SSSR count). The molecule has 1 saturated heterocycles. The van der Waals surface area contributed by atoms with Crippen molar-refractivity contribution in [3.8, 4) is 0 Å². The molecule has 2 aliphatic rings. The number of nitrogens with one attached hydrogen (secondary N) is 1. The van der Waals surface area contributed by atoms with Gasteiger partial charge in [-0.05, 0) is 38.1 Å². The largest absolute Gasteiger partial charge is 0.299 e. The van der Waals surface area contributed by atoms with Crippen LogP contribution in [0.1, 0.15) is 51.9 Å². The first-order valence-electron chi connectivity index (χ1n) is 7.84. The van der Waals surface area contributed by atoms with E-state index in [0.717, 1.165) is 30.6 Å². The van der Waals surface area contributed by atoms with Gasteiger partial charge in [-0.3, -0.25) is 14.4 Å². The normalized spacial score (nSPS) is 31.8. The summed E-state index contributed by atoms with van der Waals surface area (Å²) in [5.41, 5.74) is 0. The zero-order chi connectivity index (χ0) is 13.7. The highest BCUT2D eigenvalue weighted by Gasteiger charge is 2.38. The monoisotopic (exact) mass is 284 g/mol. The zero-order valence-electron chi connectivity index (χ0n) is 12.4. The molecule has 0 bridgehead atoms. The molecule has 19 heavy (non-hydrogen) atoms. The van der Waals surface area contributed by atoms with Crippen LogP contribution in [0.3, 0.4) is 0 Å². The van der Waals surface area contributed by atoms with E-state index < -0.39 is 0 Å². The Labute approximate surface area is 122 Å². The van der Waals surface area contributed by atoms with Crippen LogP contribution in [0.2, 0.25) is 0 Å². The summed E-state index contributed by atoms with van der Waals surface area (Å²) >= 11 is 1.58. The topological polar surface area (TPSA) is 32.3 Å². The van der Waals surface area contributed by atoms with Gasteiger partial charge in [-0.2, -0.15) is 0 Å². The molecule has 0 aromatic heterocycles. The summed E-state index contributed by atoms with van der Waals surface area (Å²) in [5, 5.41) is 0. The summed E-state index contributed by atoms with van der Waals surface area (Å²) in [7, 11) is 2.12. The minimum absolute atomic E-state index is 0.105. The molecule has 3 atom stereocenters. The smallest absolute Gasteiger partial charge is 0.247 e. The molecule has 3 nitrogen and oxygen atoms in total. The Kier molecular flexibility index (Phi) is 6.02. The van der Waals surface area contributed by atoms with E-state index in [1.54, 1.807) is 11.9 Å². The summed E-state index contributed by atoms with van der Waals surface area (Å²) in [6, 6.07) is 0.105. The first-order chi connectivity index (χ1) is 9.22. The third-order valence-corrected chi connectivity index (χ3v) is 5.56. The molecule has 110 valence electrons. The van der Waals surface area contributed by atoms with E-state index in [1.165, 1.54) is 38.5 Å². The SMILES string of the molecule is CCCCSNC(=O)C1C[C@@H]2CCCC[C@@H]2CN1C. The molecular formula is C15H28N2OS. The van der Waals surface area contributed by atoms with Crippen molar-refractivity contribution >= 4 is 17.9 Å². The summed E-state index contributed by atoms with van der Waals surface area (Å²) < 4.78 is 3.05. The zero-order valence-corrected chi connectivity index (χ0v) is 13.2. The Morgan fingerprint density at radius 2 is 2.05 bits per heavy atom. The fourth-order valence-electron chi connectivity index (χ4n) is 3.51. The minimum Gasteiger partial charge on any atom is -0.299 e. The molecule has 1 aliphatic carbocycles. The molecule has 4 heteroatoms. The number of amides is 1. The van der Waals surface area contributed by atoms with E-state index in [4.69, 9.17) is 0 Å². The maximum atomic E-state index is 12.3. The van der Waals surface area contributed by atoms with Gasteiger partial charge in [-0.25, -0.2) is 0 Å². The van der Waals surface area contributed by atoms with Crippen LogP contribution < -0.4 is 4.72 Å². The number of carbonyl (C=O) groups is 1. The lowest BCUT2D eigenvalue weighted by atomic mass is 9.73. The van der Waals surface area contributed by atoms with Gasteiger partial charge in [0.05, 0.1) is 6.04 Å². The molecule has 2 fully saturated rings. The van der Waals surface area contributed by atoms with Crippen molar-refractivity contribution in [2.24, 2.45) is 11.8 Å². The number of rotatable bonds is 5. The van der Waals surface area contributed by atoms with Crippen molar-refractivity contribution in [1.29, 1.82) is 0 Å². The van der Waals surface area contributed by atoms with E-state index in [9.17, 15) is 4.79 Å². The van der Waals surface area contributed by atoms with Gasteiger partial charge in [0.25, 0.3) is 0 Å². The Bertz CT molecular complexity index is 298. The quantitative estimate of drug-likeness (QED) is 0.622. The van der Waals surface area contributed by atoms with Gasteiger partial charge in [0.1, 0.15) is 0 Å². The lowest BCUT2D eigenvalue weighted by molar-refractivity contribution is -0.127. The predicted molar refractivity (Wildman–Crippen MR) is 82.0 cm³/mol. The lowest BCUT2D eigenvalue weighted by Gasteiger charge is -2.43. The van der Waals surface area contributed by atoms with Gasteiger partial charge in [0.2, 0.25) is 5.91 Å². The third kappa shape index (κ3) is 4.12. The fraction of sp³-hybridized carbons (Fsp3) is 0.933. The number of likely N-dealkylation sites (N-methyl/N-ethyl adjacent to an activating group) is 1. The Morgan fingerprint density at radius 1 is 1.32 bits per heavy atom. The minimum atomic E-state index is 0.105. The molecule has 1 N–H and O–H groups in total. The summed E-state index contributed by atoms with van der Waals surface area (Å²) in [5.74, 6) is 2.90. The molecule has 0 aromatic carbocycles. The van der Waals surface area contributed by atoms with Crippen molar-refractivity contribution in [2.75, 3.05) is 19.3 Å². The van der Waals surface area contributed by atoms with Crippen LogP contribution in [0.15, 0.2) is 0 Å². The van der Waals surface area contributed by atoms with Gasteiger partial charge >= 0.3 is 0 Å². The molecule has 1 heterocycles. The molecule has 1 saturated carbocycles. The first-order valence-corrected chi connectivity index (χ1v) is 8.82.